The lowest BCUT2D eigenvalue weighted by atomic mass is 9.94. The molecule has 0 aromatic heterocycles. The monoisotopic (exact) mass is 312 g/mol. The quantitative estimate of drug-likeness (QED) is 0.838. The lowest BCUT2D eigenvalue weighted by Crippen LogP contribution is -2.21. The van der Waals surface area contributed by atoms with Crippen LogP contribution in [-0.2, 0) is 10.0 Å². The number of rotatable bonds is 4. The predicted octanol–water partition coefficient (Wildman–Crippen LogP) is 2.31. The second-order valence-corrected chi connectivity index (χ2v) is 7.77. The standard InChI is InChI=1S/C15H21FN2O2S/c1-15(2,3)8-10-21(19,20)18-14-7-6-13(16)11-12(14)5-4-9-17/h6-7,11,18H,8-10,17H2,1-3H3. The first-order valence-corrected chi connectivity index (χ1v) is 8.27. The van der Waals surface area contributed by atoms with Gasteiger partial charge in [-0.2, -0.15) is 0 Å². The van der Waals surface area contributed by atoms with E-state index >= 15 is 0 Å². The Kier molecular flexibility index (Phi) is 5.76. The second kappa shape index (κ2) is 6.92. The van der Waals surface area contributed by atoms with Crippen LogP contribution in [-0.4, -0.2) is 20.7 Å². The van der Waals surface area contributed by atoms with E-state index in [4.69, 9.17) is 5.73 Å². The van der Waals surface area contributed by atoms with Gasteiger partial charge in [-0.3, -0.25) is 4.72 Å². The topological polar surface area (TPSA) is 72.2 Å². The molecular formula is C15H21FN2O2S. The van der Waals surface area contributed by atoms with Gasteiger partial charge in [0.1, 0.15) is 5.82 Å². The highest BCUT2D eigenvalue weighted by molar-refractivity contribution is 7.92. The fourth-order valence-corrected chi connectivity index (χ4v) is 3.01. The number of sulfonamides is 1. The molecule has 3 N–H and O–H groups in total. The van der Waals surface area contributed by atoms with E-state index < -0.39 is 15.8 Å². The smallest absolute Gasteiger partial charge is 0.232 e. The molecule has 1 rings (SSSR count). The maximum atomic E-state index is 13.2. The minimum Gasteiger partial charge on any atom is -0.320 e. The molecule has 6 heteroatoms. The van der Waals surface area contributed by atoms with Crippen molar-refractivity contribution in [1.29, 1.82) is 0 Å². The minimum absolute atomic E-state index is 0.00235. The number of benzene rings is 1. The normalized spacial score (nSPS) is 11.7. The van der Waals surface area contributed by atoms with Crippen molar-refractivity contribution in [2.45, 2.75) is 27.2 Å². The van der Waals surface area contributed by atoms with Crippen molar-refractivity contribution in [3.8, 4) is 11.8 Å². The molecule has 0 amide bonds. The Hall–Kier alpha value is -1.58. The van der Waals surface area contributed by atoms with E-state index in [1.165, 1.54) is 18.2 Å². The van der Waals surface area contributed by atoms with Gasteiger partial charge in [0, 0.05) is 0 Å². The van der Waals surface area contributed by atoms with Crippen LogP contribution in [0.1, 0.15) is 32.8 Å². The Labute approximate surface area is 126 Å². The highest BCUT2D eigenvalue weighted by Gasteiger charge is 2.18. The van der Waals surface area contributed by atoms with E-state index in [2.05, 4.69) is 16.6 Å². The van der Waals surface area contributed by atoms with Gasteiger partial charge in [0.05, 0.1) is 23.5 Å². The van der Waals surface area contributed by atoms with Crippen molar-refractivity contribution in [3.05, 3.63) is 29.6 Å². The summed E-state index contributed by atoms with van der Waals surface area (Å²) in [4.78, 5) is 0. The number of hydrogen-bond donors (Lipinski definition) is 2. The van der Waals surface area contributed by atoms with Crippen LogP contribution >= 0.6 is 0 Å². The molecule has 0 fully saturated rings. The molecule has 1 aromatic carbocycles. The Bertz CT molecular complexity index is 652. The lowest BCUT2D eigenvalue weighted by Gasteiger charge is -2.18. The van der Waals surface area contributed by atoms with Crippen molar-refractivity contribution in [1.82, 2.24) is 0 Å². The fourth-order valence-electron chi connectivity index (χ4n) is 1.51. The minimum atomic E-state index is -3.50. The molecule has 0 aliphatic carbocycles. The average Bonchev–Trinajstić information content (AvgIpc) is 2.36. The van der Waals surface area contributed by atoms with E-state index in [1.54, 1.807) is 0 Å². The zero-order valence-corrected chi connectivity index (χ0v) is 13.3. The highest BCUT2D eigenvalue weighted by Crippen LogP contribution is 2.22. The first-order chi connectivity index (χ1) is 9.63. The third kappa shape index (κ3) is 6.61. The summed E-state index contributed by atoms with van der Waals surface area (Å²) in [5.74, 6) is 4.78. The predicted molar refractivity (Wildman–Crippen MR) is 83.8 cm³/mol. The zero-order chi connectivity index (χ0) is 16.1. The summed E-state index contributed by atoms with van der Waals surface area (Å²) in [6, 6.07) is 3.74. The second-order valence-electron chi connectivity index (χ2n) is 5.93. The van der Waals surface area contributed by atoms with E-state index in [0.717, 1.165) is 0 Å². The molecular weight excluding hydrogens is 291 g/mol. The molecule has 0 unspecified atom stereocenters. The lowest BCUT2D eigenvalue weighted by molar-refractivity contribution is 0.397. The van der Waals surface area contributed by atoms with Crippen molar-refractivity contribution >= 4 is 15.7 Å². The van der Waals surface area contributed by atoms with Crippen LogP contribution < -0.4 is 10.5 Å². The Morgan fingerprint density at radius 1 is 1.33 bits per heavy atom. The van der Waals surface area contributed by atoms with Gasteiger partial charge in [-0.25, -0.2) is 12.8 Å². The van der Waals surface area contributed by atoms with Crippen molar-refractivity contribution in [2.75, 3.05) is 17.0 Å². The molecule has 0 heterocycles. The van der Waals surface area contributed by atoms with Crippen molar-refractivity contribution in [3.63, 3.8) is 0 Å². The van der Waals surface area contributed by atoms with Crippen LogP contribution in [0.3, 0.4) is 0 Å². The number of anilines is 1. The van der Waals surface area contributed by atoms with Gasteiger partial charge < -0.3 is 5.73 Å². The van der Waals surface area contributed by atoms with Crippen molar-refractivity contribution < 1.29 is 12.8 Å². The molecule has 0 saturated heterocycles. The number of hydrogen-bond acceptors (Lipinski definition) is 3. The molecule has 116 valence electrons. The Balaban J connectivity index is 2.96. The third-order valence-electron chi connectivity index (χ3n) is 2.69. The SMILES string of the molecule is CC(C)(C)CCS(=O)(=O)Nc1ccc(F)cc1C#CCN. The van der Waals surface area contributed by atoms with E-state index in [0.29, 0.717) is 6.42 Å². The van der Waals surface area contributed by atoms with Crippen LogP contribution in [0.2, 0.25) is 0 Å². The number of nitrogens with one attached hydrogen (secondary N) is 1. The summed E-state index contributed by atoms with van der Waals surface area (Å²) in [7, 11) is -3.50. The van der Waals surface area contributed by atoms with Crippen LogP contribution in [0.25, 0.3) is 0 Å². The summed E-state index contributed by atoms with van der Waals surface area (Å²) in [5, 5.41) is 0. The Morgan fingerprint density at radius 2 is 2.00 bits per heavy atom. The van der Waals surface area contributed by atoms with Crippen LogP contribution in [0.15, 0.2) is 18.2 Å². The van der Waals surface area contributed by atoms with Gasteiger partial charge in [0.2, 0.25) is 10.0 Å². The first kappa shape index (κ1) is 17.5. The maximum absolute atomic E-state index is 13.2. The molecule has 0 radical (unpaired) electrons. The van der Waals surface area contributed by atoms with Gasteiger partial charge in [0.15, 0.2) is 0 Å². The zero-order valence-electron chi connectivity index (χ0n) is 12.5. The molecule has 0 aliphatic heterocycles. The third-order valence-corrected chi connectivity index (χ3v) is 3.97. The largest absolute Gasteiger partial charge is 0.320 e. The van der Waals surface area contributed by atoms with Crippen LogP contribution in [0, 0.1) is 23.1 Å². The summed E-state index contributed by atoms with van der Waals surface area (Å²) in [6.45, 7) is 6.03. The first-order valence-electron chi connectivity index (χ1n) is 6.62. The van der Waals surface area contributed by atoms with Crippen molar-refractivity contribution in [2.24, 2.45) is 11.1 Å². The molecule has 1 aromatic rings. The summed E-state index contributed by atoms with van der Waals surface area (Å²) in [6.07, 6.45) is 0.521. The molecule has 0 saturated carbocycles. The average molecular weight is 312 g/mol. The maximum Gasteiger partial charge on any atom is 0.232 e. The summed E-state index contributed by atoms with van der Waals surface area (Å²) < 4.78 is 39.9. The molecule has 0 aliphatic rings. The van der Waals surface area contributed by atoms with Crippen LogP contribution in [0.4, 0.5) is 10.1 Å². The highest BCUT2D eigenvalue weighted by atomic mass is 32.2. The van der Waals surface area contributed by atoms with E-state index in [-0.39, 0.29) is 29.0 Å². The van der Waals surface area contributed by atoms with Gasteiger partial charge in [0.25, 0.3) is 0 Å². The molecule has 0 spiro atoms. The molecule has 21 heavy (non-hydrogen) atoms. The van der Waals surface area contributed by atoms with Gasteiger partial charge in [-0.1, -0.05) is 32.6 Å². The molecule has 4 nitrogen and oxygen atoms in total. The number of nitrogens with two attached hydrogens (primary N) is 1. The Morgan fingerprint density at radius 3 is 2.57 bits per heavy atom. The molecule has 0 bridgehead atoms. The fraction of sp³-hybridized carbons (Fsp3) is 0.467. The summed E-state index contributed by atoms with van der Waals surface area (Å²) >= 11 is 0. The number of halogens is 1. The summed E-state index contributed by atoms with van der Waals surface area (Å²) in [5.41, 5.74) is 5.74. The molecule has 0 atom stereocenters. The van der Waals surface area contributed by atoms with E-state index in [9.17, 15) is 12.8 Å². The van der Waals surface area contributed by atoms with Gasteiger partial charge in [-0.05, 0) is 30.0 Å². The van der Waals surface area contributed by atoms with Crippen LogP contribution in [0.5, 0.6) is 0 Å². The van der Waals surface area contributed by atoms with E-state index in [1.807, 2.05) is 20.8 Å². The van der Waals surface area contributed by atoms with Gasteiger partial charge >= 0.3 is 0 Å². The van der Waals surface area contributed by atoms with Gasteiger partial charge in [-0.15, -0.1) is 0 Å².